The number of nitrogens with two attached hydrogens (primary N) is 1. The van der Waals surface area contributed by atoms with Gasteiger partial charge >= 0.3 is 0 Å². The normalized spacial score (nSPS) is 18.2. The second-order valence-corrected chi connectivity index (χ2v) is 8.85. The van der Waals surface area contributed by atoms with Crippen molar-refractivity contribution < 1.29 is 0 Å². The third kappa shape index (κ3) is 3.24. The minimum absolute atomic E-state index is 0.115. The number of thioether (sulfide) groups is 2. The quantitative estimate of drug-likeness (QED) is 0.684. The van der Waals surface area contributed by atoms with Crippen molar-refractivity contribution in [2.24, 2.45) is 5.73 Å². The predicted octanol–water partition coefficient (Wildman–Crippen LogP) is 5.77. The molecule has 1 aromatic carbocycles. The van der Waals surface area contributed by atoms with Crippen LogP contribution in [0.1, 0.15) is 16.4 Å². The summed E-state index contributed by atoms with van der Waals surface area (Å²) in [5.41, 5.74) is 9.10. The van der Waals surface area contributed by atoms with Crippen molar-refractivity contribution in [2.45, 2.75) is 5.92 Å². The zero-order chi connectivity index (χ0) is 16.4. The molecule has 6 heteroatoms. The van der Waals surface area contributed by atoms with Gasteiger partial charge in [-0.15, -0.1) is 23.1 Å². The van der Waals surface area contributed by atoms with Crippen molar-refractivity contribution in [3.05, 3.63) is 71.5 Å². The van der Waals surface area contributed by atoms with E-state index in [2.05, 4.69) is 51.8 Å². The summed E-state index contributed by atoms with van der Waals surface area (Å²) >= 11 is 8.36. The molecule has 3 rings (SSSR count). The Morgan fingerprint density at radius 2 is 2.00 bits per heavy atom. The molecule has 1 unspecified atom stereocenters. The molecule has 2 nitrogen and oxygen atoms in total. The fourth-order valence-corrected chi connectivity index (χ4v) is 5.61. The number of nitrogens with zero attached hydrogens (tertiary/aromatic N) is 1. The summed E-state index contributed by atoms with van der Waals surface area (Å²) in [7, 11) is 0. The lowest BCUT2D eigenvalue weighted by Gasteiger charge is -2.28. The monoisotopic (exact) mass is 420 g/mol. The molecule has 1 atom stereocenters. The van der Waals surface area contributed by atoms with Gasteiger partial charge < -0.3 is 5.73 Å². The second kappa shape index (κ2) is 7.18. The van der Waals surface area contributed by atoms with E-state index in [9.17, 15) is 5.26 Å². The lowest BCUT2D eigenvalue weighted by atomic mass is 9.85. The van der Waals surface area contributed by atoms with E-state index in [1.165, 1.54) is 22.2 Å². The maximum Gasteiger partial charge on any atom is 0.0984 e. The summed E-state index contributed by atoms with van der Waals surface area (Å²) < 4.78 is 2.19. The summed E-state index contributed by atoms with van der Waals surface area (Å²) in [6.45, 7) is 0. The average Bonchev–Trinajstić information content (AvgIpc) is 3.08. The van der Waals surface area contributed by atoms with Crippen LogP contribution in [0.4, 0.5) is 0 Å². The Morgan fingerprint density at radius 3 is 2.57 bits per heavy atom. The Balaban J connectivity index is 2.23. The van der Waals surface area contributed by atoms with Gasteiger partial charge in [-0.05, 0) is 35.4 Å². The maximum absolute atomic E-state index is 9.69. The van der Waals surface area contributed by atoms with Crippen LogP contribution < -0.4 is 5.73 Å². The molecule has 116 valence electrons. The zero-order valence-corrected chi connectivity index (χ0v) is 16.3. The standard InChI is InChI=1S/C17H13BrN2S3/c1-21-17-15(13-3-2-8-22-13)14(12(9-19)16(20)23-17)10-4-6-11(18)7-5-10/h2-8,14H,20H2,1H3. The van der Waals surface area contributed by atoms with Crippen LogP contribution in [0, 0.1) is 11.3 Å². The van der Waals surface area contributed by atoms with Gasteiger partial charge in [0.1, 0.15) is 0 Å². The number of halogens is 1. The zero-order valence-electron chi connectivity index (χ0n) is 12.2. The van der Waals surface area contributed by atoms with Crippen LogP contribution in [0.3, 0.4) is 0 Å². The molecule has 0 saturated carbocycles. The summed E-state index contributed by atoms with van der Waals surface area (Å²) in [5.74, 6) is -0.115. The molecule has 2 N–H and O–H groups in total. The first-order valence-corrected chi connectivity index (χ1v) is 10.5. The van der Waals surface area contributed by atoms with E-state index >= 15 is 0 Å². The highest BCUT2D eigenvalue weighted by Crippen LogP contribution is 2.53. The van der Waals surface area contributed by atoms with Gasteiger partial charge in [-0.1, -0.05) is 45.9 Å². The van der Waals surface area contributed by atoms with E-state index in [-0.39, 0.29) is 5.92 Å². The number of rotatable bonds is 3. The molecule has 0 saturated heterocycles. The fourth-order valence-electron chi connectivity index (χ4n) is 2.55. The Hall–Kier alpha value is -1.13. The summed E-state index contributed by atoms with van der Waals surface area (Å²) in [5, 5.41) is 12.4. The van der Waals surface area contributed by atoms with Crippen molar-refractivity contribution >= 4 is 56.4 Å². The minimum atomic E-state index is -0.115. The van der Waals surface area contributed by atoms with E-state index in [1.54, 1.807) is 23.1 Å². The summed E-state index contributed by atoms with van der Waals surface area (Å²) in [6.07, 6.45) is 2.05. The lowest BCUT2D eigenvalue weighted by Crippen LogP contribution is -2.14. The molecular weight excluding hydrogens is 408 g/mol. The summed E-state index contributed by atoms with van der Waals surface area (Å²) in [4.78, 5) is 1.19. The molecule has 0 aliphatic carbocycles. The molecule has 0 amide bonds. The van der Waals surface area contributed by atoms with Crippen LogP contribution >= 0.6 is 50.8 Å². The Morgan fingerprint density at radius 1 is 1.26 bits per heavy atom. The fraction of sp³-hybridized carbons (Fsp3) is 0.118. The molecule has 0 bridgehead atoms. The van der Waals surface area contributed by atoms with Crippen molar-refractivity contribution in [1.29, 1.82) is 5.26 Å². The topological polar surface area (TPSA) is 49.8 Å². The third-order valence-corrected chi connectivity index (χ3v) is 7.18. The highest BCUT2D eigenvalue weighted by molar-refractivity contribution is 9.10. The van der Waals surface area contributed by atoms with Crippen LogP contribution in [0.2, 0.25) is 0 Å². The molecule has 2 aromatic rings. The lowest BCUT2D eigenvalue weighted by molar-refractivity contribution is 1.04. The molecule has 2 heterocycles. The van der Waals surface area contributed by atoms with Crippen molar-refractivity contribution in [3.8, 4) is 6.07 Å². The molecule has 23 heavy (non-hydrogen) atoms. The van der Waals surface area contributed by atoms with E-state index < -0.39 is 0 Å². The van der Waals surface area contributed by atoms with Crippen LogP contribution in [-0.2, 0) is 0 Å². The predicted molar refractivity (Wildman–Crippen MR) is 106 cm³/mol. The first kappa shape index (κ1) is 16.7. The highest BCUT2D eigenvalue weighted by Gasteiger charge is 2.32. The van der Waals surface area contributed by atoms with Crippen LogP contribution in [-0.4, -0.2) is 6.26 Å². The number of benzene rings is 1. The van der Waals surface area contributed by atoms with Gasteiger partial charge in [0.15, 0.2) is 0 Å². The minimum Gasteiger partial charge on any atom is -0.392 e. The van der Waals surface area contributed by atoms with E-state index in [0.717, 1.165) is 14.3 Å². The largest absolute Gasteiger partial charge is 0.392 e. The second-order valence-electron chi connectivity index (χ2n) is 4.86. The van der Waals surface area contributed by atoms with Crippen molar-refractivity contribution in [2.75, 3.05) is 6.26 Å². The van der Waals surface area contributed by atoms with Gasteiger partial charge in [-0.2, -0.15) is 5.26 Å². The molecular formula is C17H13BrN2S3. The molecule has 0 spiro atoms. The van der Waals surface area contributed by atoms with Crippen molar-refractivity contribution in [1.82, 2.24) is 0 Å². The van der Waals surface area contributed by atoms with Gasteiger partial charge in [-0.25, -0.2) is 0 Å². The molecule has 1 aliphatic heterocycles. The third-order valence-electron chi connectivity index (χ3n) is 3.56. The Kier molecular flexibility index (Phi) is 5.22. The van der Waals surface area contributed by atoms with Crippen LogP contribution in [0.25, 0.3) is 5.57 Å². The van der Waals surface area contributed by atoms with Gasteiger partial charge in [0.25, 0.3) is 0 Å². The smallest absolute Gasteiger partial charge is 0.0984 e. The maximum atomic E-state index is 9.69. The molecule has 1 aromatic heterocycles. The molecule has 0 radical (unpaired) electrons. The average molecular weight is 421 g/mol. The number of hydrogen-bond donors (Lipinski definition) is 1. The van der Waals surface area contributed by atoms with E-state index in [0.29, 0.717) is 10.6 Å². The Labute approximate surface area is 156 Å². The van der Waals surface area contributed by atoms with E-state index in [4.69, 9.17) is 5.73 Å². The van der Waals surface area contributed by atoms with Gasteiger partial charge in [-0.3, -0.25) is 0 Å². The number of nitriles is 1. The molecule has 1 aliphatic rings. The SMILES string of the molecule is CSC1=C(c2cccs2)C(c2ccc(Br)cc2)C(C#N)=C(N)S1. The van der Waals surface area contributed by atoms with E-state index in [1.807, 2.05) is 18.2 Å². The van der Waals surface area contributed by atoms with Crippen LogP contribution in [0.5, 0.6) is 0 Å². The number of thiophene rings is 1. The number of hydrogen-bond acceptors (Lipinski definition) is 5. The number of allylic oxidation sites excluding steroid dienone is 2. The van der Waals surface area contributed by atoms with Crippen molar-refractivity contribution in [3.63, 3.8) is 0 Å². The molecule has 0 fully saturated rings. The highest BCUT2D eigenvalue weighted by atomic mass is 79.9. The first-order chi connectivity index (χ1) is 11.2. The Bertz CT molecular complexity index is 815. The first-order valence-electron chi connectivity index (χ1n) is 6.80. The summed E-state index contributed by atoms with van der Waals surface area (Å²) in [6, 6.07) is 14.6. The van der Waals surface area contributed by atoms with Crippen LogP contribution in [0.15, 0.2) is 61.1 Å². The van der Waals surface area contributed by atoms with Gasteiger partial charge in [0, 0.05) is 20.8 Å². The van der Waals surface area contributed by atoms with Gasteiger partial charge in [0.2, 0.25) is 0 Å². The van der Waals surface area contributed by atoms with Gasteiger partial charge in [0.05, 0.1) is 20.9 Å².